The van der Waals surface area contributed by atoms with Crippen molar-refractivity contribution in [2.75, 3.05) is 6.61 Å². The van der Waals surface area contributed by atoms with Crippen molar-refractivity contribution in [3.05, 3.63) is 0 Å². The average molecular weight is 186 g/mol. The summed E-state index contributed by atoms with van der Waals surface area (Å²) in [5.41, 5.74) is 0.146. The molecule has 1 fully saturated rings. The van der Waals surface area contributed by atoms with Gasteiger partial charge in [0.1, 0.15) is 0 Å². The third-order valence-corrected chi connectivity index (χ3v) is 2.98. The molecule has 0 spiro atoms. The van der Waals surface area contributed by atoms with Crippen LogP contribution < -0.4 is 0 Å². The van der Waals surface area contributed by atoms with Gasteiger partial charge in [0.2, 0.25) is 0 Å². The minimum absolute atomic E-state index is 0.146. The summed E-state index contributed by atoms with van der Waals surface area (Å²) in [4.78, 5) is 0. The summed E-state index contributed by atoms with van der Waals surface area (Å²) in [5, 5.41) is 0. The molecule has 1 heterocycles. The molecule has 1 aliphatic rings. The Morgan fingerprint density at radius 2 is 1.92 bits per heavy atom. The third-order valence-electron chi connectivity index (χ3n) is 2.98. The maximum absolute atomic E-state index is 5.91. The van der Waals surface area contributed by atoms with Crippen LogP contribution in [0.2, 0.25) is 0 Å². The summed E-state index contributed by atoms with van der Waals surface area (Å²) in [5.74, 6) is -0.344. The molecule has 0 radical (unpaired) electrons. The van der Waals surface area contributed by atoms with Crippen molar-refractivity contribution in [1.29, 1.82) is 0 Å². The third kappa shape index (κ3) is 2.44. The molecule has 0 bridgehead atoms. The topological polar surface area (TPSA) is 18.5 Å². The first-order chi connectivity index (χ1) is 5.90. The molecule has 1 aliphatic heterocycles. The predicted octanol–water partition coefficient (Wildman–Crippen LogP) is 2.96. The fourth-order valence-corrected chi connectivity index (χ4v) is 1.61. The van der Waals surface area contributed by atoms with Gasteiger partial charge < -0.3 is 9.47 Å². The van der Waals surface area contributed by atoms with Gasteiger partial charge in [-0.1, -0.05) is 27.2 Å². The molecule has 13 heavy (non-hydrogen) atoms. The van der Waals surface area contributed by atoms with Crippen LogP contribution in [-0.2, 0) is 9.47 Å². The van der Waals surface area contributed by atoms with Crippen molar-refractivity contribution >= 4 is 0 Å². The zero-order chi connectivity index (χ0) is 10.1. The quantitative estimate of drug-likeness (QED) is 0.660. The van der Waals surface area contributed by atoms with E-state index in [1.54, 1.807) is 0 Å². The monoisotopic (exact) mass is 186 g/mol. The Balaban J connectivity index is 2.59. The number of hydrogen-bond donors (Lipinski definition) is 0. The minimum Gasteiger partial charge on any atom is -0.350 e. The van der Waals surface area contributed by atoms with E-state index in [-0.39, 0.29) is 17.3 Å². The van der Waals surface area contributed by atoms with Crippen molar-refractivity contribution < 1.29 is 9.47 Å². The van der Waals surface area contributed by atoms with Crippen LogP contribution in [0.15, 0.2) is 0 Å². The van der Waals surface area contributed by atoms with Crippen LogP contribution in [0.5, 0.6) is 0 Å². The van der Waals surface area contributed by atoms with E-state index in [4.69, 9.17) is 9.47 Å². The summed E-state index contributed by atoms with van der Waals surface area (Å²) < 4.78 is 11.7. The Bertz CT molecular complexity index is 177. The van der Waals surface area contributed by atoms with Crippen molar-refractivity contribution in [2.24, 2.45) is 5.41 Å². The maximum atomic E-state index is 5.91. The van der Waals surface area contributed by atoms with Crippen LogP contribution in [0.4, 0.5) is 0 Å². The largest absolute Gasteiger partial charge is 0.350 e. The van der Waals surface area contributed by atoms with Gasteiger partial charge in [-0.15, -0.1) is 0 Å². The maximum Gasteiger partial charge on any atom is 0.165 e. The predicted molar refractivity (Wildman–Crippen MR) is 53.6 cm³/mol. The normalized spacial score (nSPS) is 39.0. The van der Waals surface area contributed by atoms with Gasteiger partial charge in [0, 0.05) is 11.8 Å². The standard InChI is InChI=1S/C11H22O2/c1-6-7-11(5)12-8-10(3,4)9(2)13-11/h9H,6-8H2,1-5H3/t9-,11-/m1/s1. The Kier molecular flexibility index (Phi) is 3.03. The summed E-state index contributed by atoms with van der Waals surface area (Å²) in [7, 11) is 0. The highest BCUT2D eigenvalue weighted by Crippen LogP contribution is 2.36. The van der Waals surface area contributed by atoms with Gasteiger partial charge >= 0.3 is 0 Å². The fraction of sp³-hybridized carbons (Fsp3) is 1.00. The summed E-state index contributed by atoms with van der Waals surface area (Å²) in [6, 6.07) is 0. The summed E-state index contributed by atoms with van der Waals surface area (Å²) >= 11 is 0. The highest BCUT2D eigenvalue weighted by molar-refractivity contribution is 4.83. The molecular formula is C11H22O2. The lowest BCUT2D eigenvalue weighted by molar-refractivity contribution is -0.319. The van der Waals surface area contributed by atoms with E-state index in [2.05, 4.69) is 27.7 Å². The van der Waals surface area contributed by atoms with Crippen molar-refractivity contribution in [3.63, 3.8) is 0 Å². The number of ether oxygens (including phenoxy) is 2. The van der Waals surface area contributed by atoms with Gasteiger partial charge in [-0.05, 0) is 13.8 Å². The van der Waals surface area contributed by atoms with Crippen LogP contribution in [0.25, 0.3) is 0 Å². The van der Waals surface area contributed by atoms with E-state index < -0.39 is 0 Å². The van der Waals surface area contributed by atoms with Crippen LogP contribution in [0.3, 0.4) is 0 Å². The lowest BCUT2D eigenvalue weighted by Gasteiger charge is -2.46. The van der Waals surface area contributed by atoms with E-state index in [9.17, 15) is 0 Å². The first kappa shape index (κ1) is 11.0. The van der Waals surface area contributed by atoms with Crippen LogP contribution >= 0.6 is 0 Å². The van der Waals surface area contributed by atoms with E-state index in [0.717, 1.165) is 19.4 Å². The first-order valence-electron chi connectivity index (χ1n) is 5.21. The molecule has 1 rings (SSSR count). The van der Waals surface area contributed by atoms with E-state index in [1.165, 1.54) is 0 Å². The highest BCUT2D eigenvalue weighted by Gasteiger charge is 2.41. The van der Waals surface area contributed by atoms with Crippen LogP contribution in [-0.4, -0.2) is 18.5 Å². The van der Waals surface area contributed by atoms with Crippen LogP contribution in [0.1, 0.15) is 47.5 Å². The molecule has 0 aromatic rings. The van der Waals surface area contributed by atoms with Gasteiger partial charge in [0.05, 0.1) is 12.7 Å². The molecule has 0 N–H and O–H groups in total. The highest BCUT2D eigenvalue weighted by atomic mass is 16.7. The van der Waals surface area contributed by atoms with Gasteiger partial charge in [0.15, 0.2) is 5.79 Å². The average Bonchev–Trinajstić information content (AvgIpc) is 1.99. The Morgan fingerprint density at radius 3 is 2.38 bits per heavy atom. The molecule has 2 atom stereocenters. The van der Waals surface area contributed by atoms with Crippen molar-refractivity contribution in [1.82, 2.24) is 0 Å². The molecule has 0 aliphatic carbocycles. The molecular weight excluding hydrogens is 164 g/mol. The second kappa shape index (κ2) is 3.58. The first-order valence-corrected chi connectivity index (χ1v) is 5.21. The zero-order valence-electron chi connectivity index (χ0n) is 9.52. The molecule has 2 nitrogen and oxygen atoms in total. The van der Waals surface area contributed by atoms with E-state index in [0.29, 0.717) is 0 Å². The lowest BCUT2D eigenvalue weighted by atomic mass is 9.87. The molecule has 0 aromatic carbocycles. The van der Waals surface area contributed by atoms with Crippen LogP contribution in [0, 0.1) is 5.41 Å². The smallest absolute Gasteiger partial charge is 0.165 e. The second-order valence-corrected chi connectivity index (χ2v) is 4.92. The van der Waals surface area contributed by atoms with E-state index in [1.807, 2.05) is 6.92 Å². The van der Waals surface area contributed by atoms with Crippen molar-refractivity contribution in [3.8, 4) is 0 Å². The Hall–Kier alpha value is -0.0800. The van der Waals surface area contributed by atoms with Gasteiger partial charge in [-0.3, -0.25) is 0 Å². The molecule has 78 valence electrons. The lowest BCUT2D eigenvalue weighted by Crippen LogP contribution is -2.50. The summed E-state index contributed by atoms with van der Waals surface area (Å²) in [6.07, 6.45) is 2.36. The molecule has 0 amide bonds. The number of hydrogen-bond acceptors (Lipinski definition) is 2. The zero-order valence-corrected chi connectivity index (χ0v) is 9.52. The molecule has 0 unspecified atom stereocenters. The molecule has 2 heteroatoms. The van der Waals surface area contributed by atoms with Gasteiger partial charge in [-0.2, -0.15) is 0 Å². The molecule has 1 saturated heterocycles. The summed E-state index contributed by atoms with van der Waals surface area (Å²) in [6.45, 7) is 11.5. The minimum atomic E-state index is -0.344. The van der Waals surface area contributed by atoms with Crippen molar-refractivity contribution in [2.45, 2.75) is 59.4 Å². The fourth-order valence-electron chi connectivity index (χ4n) is 1.61. The molecule has 0 saturated carbocycles. The Morgan fingerprint density at radius 1 is 1.31 bits per heavy atom. The van der Waals surface area contributed by atoms with Gasteiger partial charge in [-0.25, -0.2) is 0 Å². The van der Waals surface area contributed by atoms with Gasteiger partial charge in [0.25, 0.3) is 0 Å². The second-order valence-electron chi connectivity index (χ2n) is 4.92. The molecule has 0 aromatic heterocycles. The number of rotatable bonds is 2. The Labute approximate surface area is 81.6 Å². The van der Waals surface area contributed by atoms with E-state index >= 15 is 0 Å². The SMILES string of the molecule is CCC[C@]1(C)OCC(C)(C)[C@@H](C)O1.